The molecule has 154 valence electrons. The van der Waals surface area contributed by atoms with E-state index < -0.39 is 10.0 Å². The third kappa shape index (κ3) is 3.60. The Hall–Kier alpha value is -2.17. The van der Waals surface area contributed by atoms with Crippen molar-refractivity contribution in [2.24, 2.45) is 0 Å². The minimum atomic E-state index is -3.68. The quantitative estimate of drug-likeness (QED) is 0.557. The molecule has 4 rings (SSSR count). The van der Waals surface area contributed by atoms with Crippen molar-refractivity contribution in [2.45, 2.75) is 23.7 Å². The first-order chi connectivity index (χ1) is 14.0. The molecule has 0 bridgehead atoms. The van der Waals surface area contributed by atoms with Gasteiger partial charge in [0.25, 0.3) is 0 Å². The molecule has 2 aromatic heterocycles. The van der Waals surface area contributed by atoms with E-state index in [9.17, 15) is 8.42 Å². The van der Waals surface area contributed by atoms with E-state index in [1.165, 1.54) is 24.6 Å². The highest BCUT2D eigenvalue weighted by Gasteiger charge is 2.33. The lowest BCUT2D eigenvalue weighted by Crippen LogP contribution is -2.38. The van der Waals surface area contributed by atoms with Gasteiger partial charge in [0.2, 0.25) is 10.0 Å². The van der Waals surface area contributed by atoms with Crippen molar-refractivity contribution in [3.63, 3.8) is 0 Å². The number of ether oxygens (including phenoxy) is 2. The van der Waals surface area contributed by atoms with E-state index >= 15 is 0 Å². The lowest BCUT2D eigenvalue weighted by molar-refractivity contribution is 0.312. The topological polar surface area (TPSA) is 86.0 Å². The maximum absolute atomic E-state index is 13.2. The van der Waals surface area contributed by atoms with Crippen molar-refractivity contribution in [2.75, 3.05) is 27.3 Å². The summed E-state index contributed by atoms with van der Waals surface area (Å²) in [5.41, 5.74) is 0.798. The van der Waals surface area contributed by atoms with Gasteiger partial charge in [0.1, 0.15) is 10.7 Å². The first-order valence-corrected chi connectivity index (χ1v) is 11.4. The van der Waals surface area contributed by atoms with Crippen LogP contribution in [0.1, 0.15) is 24.6 Å². The van der Waals surface area contributed by atoms with E-state index in [4.69, 9.17) is 9.47 Å². The summed E-state index contributed by atoms with van der Waals surface area (Å²) >= 11 is 3.36. The average Bonchev–Trinajstić information content (AvgIpc) is 3.17. The zero-order chi connectivity index (χ0) is 20.6. The van der Waals surface area contributed by atoms with Crippen LogP contribution in [0.2, 0.25) is 0 Å². The molecule has 8 nitrogen and oxygen atoms in total. The number of methoxy groups -OCH3 is 2. The van der Waals surface area contributed by atoms with Gasteiger partial charge in [-0.2, -0.15) is 4.31 Å². The highest BCUT2D eigenvalue weighted by Crippen LogP contribution is 2.38. The van der Waals surface area contributed by atoms with E-state index in [1.54, 1.807) is 6.07 Å². The number of hydrogen-bond acceptors (Lipinski definition) is 6. The van der Waals surface area contributed by atoms with Gasteiger partial charge in [-0.1, -0.05) is 6.07 Å². The van der Waals surface area contributed by atoms with Gasteiger partial charge in [0.05, 0.1) is 14.2 Å². The van der Waals surface area contributed by atoms with E-state index in [1.807, 2.05) is 28.8 Å². The van der Waals surface area contributed by atoms with Gasteiger partial charge in [0.15, 0.2) is 17.1 Å². The fourth-order valence-corrected chi connectivity index (χ4v) is 6.13. The lowest BCUT2D eigenvalue weighted by Gasteiger charge is -2.30. The Morgan fingerprint density at radius 1 is 1.07 bits per heavy atom. The van der Waals surface area contributed by atoms with Crippen molar-refractivity contribution < 1.29 is 17.9 Å². The molecule has 1 aliphatic rings. The Morgan fingerprint density at radius 3 is 2.45 bits per heavy atom. The van der Waals surface area contributed by atoms with Crippen LogP contribution in [0, 0.1) is 0 Å². The van der Waals surface area contributed by atoms with Crippen LogP contribution in [0.3, 0.4) is 0 Å². The predicted octanol–water partition coefficient (Wildman–Crippen LogP) is 3.08. The Morgan fingerprint density at radius 2 is 1.76 bits per heavy atom. The number of piperidine rings is 1. The molecule has 0 aliphatic carbocycles. The fourth-order valence-electron chi connectivity index (χ4n) is 3.66. The highest BCUT2D eigenvalue weighted by atomic mass is 79.9. The monoisotopic (exact) mass is 480 g/mol. The number of hydrogen-bond donors (Lipinski definition) is 0. The van der Waals surface area contributed by atoms with Crippen LogP contribution in [0.4, 0.5) is 0 Å². The molecule has 0 atom stereocenters. The molecule has 1 fully saturated rings. The van der Waals surface area contributed by atoms with Gasteiger partial charge in [-0.05, 0) is 47.0 Å². The zero-order valence-corrected chi connectivity index (χ0v) is 18.5. The normalized spacial score (nSPS) is 16.2. The van der Waals surface area contributed by atoms with Gasteiger partial charge in [-0.3, -0.25) is 4.40 Å². The van der Waals surface area contributed by atoms with E-state index in [0.717, 1.165) is 11.5 Å². The molecular formula is C19H21BrN4O4S. The summed E-state index contributed by atoms with van der Waals surface area (Å²) in [5, 5.41) is 8.53. The average molecular weight is 481 g/mol. The second kappa shape index (κ2) is 7.92. The summed E-state index contributed by atoms with van der Waals surface area (Å²) in [7, 11) is -0.683. The molecule has 3 heterocycles. The van der Waals surface area contributed by atoms with Gasteiger partial charge in [-0.25, -0.2) is 8.42 Å². The molecule has 0 amide bonds. The van der Waals surface area contributed by atoms with Crippen LogP contribution >= 0.6 is 15.9 Å². The maximum atomic E-state index is 13.2. The van der Waals surface area contributed by atoms with Crippen molar-refractivity contribution >= 4 is 31.6 Å². The number of aromatic nitrogens is 3. The minimum absolute atomic E-state index is 0.160. The molecule has 3 aromatic rings. The lowest BCUT2D eigenvalue weighted by atomic mass is 9.97. The standard InChI is InChI=1S/C19H21BrN4O4S/c1-27-15-11-14(20)17(12-16(15)28-2)29(25,26)23-9-6-13(7-10-23)19-22-21-18-5-3-4-8-24(18)19/h3-5,8,11-13H,6-7,9-10H2,1-2H3. The van der Waals surface area contributed by atoms with Crippen molar-refractivity contribution in [3.8, 4) is 11.5 Å². The van der Waals surface area contributed by atoms with E-state index in [2.05, 4.69) is 26.1 Å². The van der Waals surface area contributed by atoms with Gasteiger partial charge >= 0.3 is 0 Å². The predicted molar refractivity (Wildman–Crippen MR) is 111 cm³/mol. The third-order valence-electron chi connectivity index (χ3n) is 5.22. The summed E-state index contributed by atoms with van der Waals surface area (Å²) in [5.74, 6) is 1.88. The van der Waals surface area contributed by atoms with Crippen LogP contribution < -0.4 is 9.47 Å². The molecular weight excluding hydrogens is 460 g/mol. The Balaban J connectivity index is 1.56. The fraction of sp³-hybridized carbons (Fsp3) is 0.368. The summed E-state index contributed by atoms with van der Waals surface area (Å²) in [6, 6.07) is 8.87. The van der Waals surface area contributed by atoms with Crippen LogP contribution in [0.15, 0.2) is 45.9 Å². The van der Waals surface area contributed by atoms with Crippen molar-refractivity contribution in [1.29, 1.82) is 0 Å². The summed E-state index contributed by atoms with van der Waals surface area (Å²) in [4.78, 5) is 0.168. The second-order valence-corrected chi connectivity index (χ2v) is 9.56. The number of halogens is 1. The largest absolute Gasteiger partial charge is 0.493 e. The third-order valence-corrected chi connectivity index (χ3v) is 8.07. The molecule has 0 radical (unpaired) electrons. The van der Waals surface area contributed by atoms with Crippen molar-refractivity contribution in [1.82, 2.24) is 18.9 Å². The van der Waals surface area contributed by atoms with Crippen molar-refractivity contribution in [3.05, 3.63) is 46.8 Å². The smallest absolute Gasteiger partial charge is 0.244 e. The number of rotatable bonds is 5. The van der Waals surface area contributed by atoms with Gasteiger partial charge < -0.3 is 9.47 Å². The summed E-state index contributed by atoms with van der Waals surface area (Å²) in [6.07, 6.45) is 3.30. The first-order valence-electron chi connectivity index (χ1n) is 9.17. The van der Waals surface area contributed by atoms with E-state index in [0.29, 0.717) is 41.9 Å². The molecule has 0 N–H and O–H groups in total. The van der Waals surface area contributed by atoms with Crippen LogP contribution in [0.25, 0.3) is 5.65 Å². The summed E-state index contributed by atoms with van der Waals surface area (Å²) in [6.45, 7) is 0.824. The molecule has 0 spiro atoms. The van der Waals surface area contributed by atoms with E-state index in [-0.39, 0.29) is 10.8 Å². The SMILES string of the molecule is COc1cc(Br)c(S(=O)(=O)N2CCC(c3nnc4ccccn34)CC2)cc1OC. The Bertz CT molecular complexity index is 1140. The number of sulfonamides is 1. The molecule has 0 unspecified atom stereocenters. The minimum Gasteiger partial charge on any atom is -0.493 e. The summed E-state index contributed by atoms with van der Waals surface area (Å²) < 4.78 is 40.9. The zero-order valence-electron chi connectivity index (χ0n) is 16.1. The van der Waals surface area contributed by atoms with Crippen LogP contribution in [0.5, 0.6) is 11.5 Å². The number of nitrogens with zero attached hydrogens (tertiary/aromatic N) is 4. The van der Waals surface area contributed by atoms with Crippen LogP contribution in [-0.2, 0) is 10.0 Å². The molecule has 1 saturated heterocycles. The molecule has 1 aliphatic heterocycles. The van der Waals surface area contributed by atoms with Gasteiger partial charge in [0, 0.05) is 35.7 Å². The molecule has 10 heteroatoms. The molecule has 0 saturated carbocycles. The highest BCUT2D eigenvalue weighted by molar-refractivity contribution is 9.10. The molecule has 1 aromatic carbocycles. The number of benzene rings is 1. The maximum Gasteiger partial charge on any atom is 0.244 e. The number of fused-ring (bicyclic) bond motifs is 1. The second-order valence-electron chi connectivity index (χ2n) is 6.80. The number of pyridine rings is 1. The molecule has 29 heavy (non-hydrogen) atoms. The van der Waals surface area contributed by atoms with Gasteiger partial charge in [-0.15, -0.1) is 10.2 Å². The first kappa shape index (κ1) is 20.1. The Kier molecular flexibility index (Phi) is 5.50. The van der Waals surface area contributed by atoms with Crippen LogP contribution in [-0.4, -0.2) is 54.6 Å². The Labute approximate surface area is 177 Å².